The van der Waals surface area contributed by atoms with Crippen molar-refractivity contribution in [3.8, 4) is 0 Å². The maximum Gasteiger partial charge on any atom is 0.128 e. The second-order valence-corrected chi connectivity index (χ2v) is 16.0. The summed E-state index contributed by atoms with van der Waals surface area (Å²) in [4.78, 5) is 0. The largest absolute Gasteiger partial charge is 0.507 e. The van der Waals surface area contributed by atoms with Gasteiger partial charge in [-0.05, 0) is 44.8 Å². The van der Waals surface area contributed by atoms with E-state index in [1.807, 2.05) is 72.8 Å². The molecule has 41 heavy (non-hydrogen) atoms. The van der Waals surface area contributed by atoms with Crippen LogP contribution in [0.25, 0.3) is 16.7 Å². The quantitative estimate of drug-likeness (QED) is 0.207. The van der Waals surface area contributed by atoms with E-state index >= 15 is 0 Å². The Morgan fingerprint density at radius 2 is 0.732 bits per heavy atom. The predicted molar refractivity (Wildman–Crippen MR) is 177 cm³/mol. The zero-order valence-electron chi connectivity index (χ0n) is 25.3. The summed E-state index contributed by atoms with van der Waals surface area (Å²) < 4.78 is 0. The van der Waals surface area contributed by atoms with Gasteiger partial charge in [-0.1, -0.05) is 171 Å². The van der Waals surface area contributed by atoms with Crippen LogP contribution >= 0.6 is 7.92 Å². The van der Waals surface area contributed by atoms with E-state index in [1.165, 1.54) is 0 Å². The van der Waals surface area contributed by atoms with E-state index in [2.05, 4.69) is 96.7 Å². The van der Waals surface area contributed by atoms with Gasteiger partial charge >= 0.3 is 0 Å². The Balaban J connectivity index is 0.000000363. The SMILES string of the molecule is CP(C(C)(C)C)C(C)(C)C.OC1=C(c2ccccc2)[C](c2ccccc2)C(c2ccccc2)=C1c1ccccc1.[Ir]. The Hall–Kier alpha value is -2.76. The van der Waals surface area contributed by atoms with Gasteiger partial charge in [0.1, 0.15) is 5.76 Å². The van der Waals surface area contributed by atoms with Crippen molar-refractivity contribution in [3.63, 3.8) is 0 Å². The standard InChI is InChI=1S/C29H21O.C9H21P.Ir/c30-29-27(23-17-9-3-10-18-23)25(21-13-5-1-6-14-21)26(22-15-7-2-8-16-22)28(29)24-19-11-4-12-20-24;1-8(2,3)10(7)9(4,5)6;/h1-20,30H;1-7H3;. The van der Waals surface area contributed by atoms with Crippen molar-refractivity contribution >= 4 is 24.6 Å². The van der Waals surface area contributed by atoms with E-state index in [9.17, 15) is 5.11 Å². The molecule has 3 heteroatoms. The molecule has 4 aromatic rings. The van der Waals surface area contributed by atoms with Crippen LogP contribution in [-0.2, 0) is 20.1 Å². The van der Waals surface area contributed by atoms with Crippen LogP contribution in [-0.4, -0.2) is 22.1 Å². The van der Waals surface area contributed by atoms with Gasteiger partial charge in [-0.2, -0.15) is 0 Å². The van der Waals surface area contributed by atoms with Crippen molar-refractivity contribution < 1.29 is 25.2 Å². The summed E-state index contributed by atoms with van der Waals surface area (Å²) in [6.07, 6.45) is 0. The fraction of sp³-hybridized carbons (Fsp3) is 0.237. The first kappa shape index (κ1) is 32.8. The first-order chi connectivity index (χ1) is 19.0. The fourth-order valence-corrected chi connectivity index (χ4v) is 7.19. The molecule has 1 aliphatic carbocycles. The molecule has 0 unspecified atom stereocenters. The van der Waals surface area contributed by atoms with Gasteiger partial charge in [0.25, 0.3) is 0 Å². The average Bonchev–Trinajstić information content (AvgIpc) is 3.26. The Kier molecular flexibility index (Phi) is 11.1. The first-order valence-corrected chi connectivity index (χ1v) is 15.8. The van der Waals surface area contributed by atoms with Crippen LogP contribution in [0.1, 0.15) is 63.8 Å². The number of allylic oxidation sites excluding steroid dienone is 3. The molecule has 1 N–H and O–H groups in total. The van der Waals surface area contributed by atoms with E-state index in [-0.39, 0.29) is 28.0 Å². The topological polar surface area (TPSA) is 20.2 Å². The van der Waals surface area contributed by atoms with Crippen molar-refractivity contribution in [2.45, 2.75) is 51.9 Å². The minimum atomic E-state index is 0. The fourth-order valence-electron chi connectivity index (χ4n) is 5.18. The molecular weight excluding hydrogens is 696 g/mol. The molecule has 5 rings (SSSR count). The van der Waals surface area contributed by atoms with Crippen LogP contribution in [0, 0.1) is 5.92 Å². The van der Waals surface area contributed by atoms with Gasteiger partial charge in [-0.25, -0.2) is 0 Å². The summed E-state index contributed by atoms with van der Waals surface area (Å²) in [5.74, 6) is 1.38. The van der Waals surface area contributed by atoms with Gasteiger partial charge < -0.3 is 5.11 Å². The summed E-state index contributed by atoms with van der Waals surface area (Å²) in [5, 5.41) is 12.6. The zero-order chi connectivity index (χ0) is 28.9. The summed E-state index contributed by atoms with van der Waals surface area (Å²) in [7, 11) is 0.137. The maximum atomic E-state index is 11.6. The van der Waals surface area contributed by atoms with Crippen molar-refractivity contribution in [2.75, 3.05) is 6.66 Å². The van der Waals surface area contributed by atoms with Crippen molar-refractivity contribution in [2.24, 2.45) is 0 Å². The molecular formula is C38H42IrOP. The summed E-state index contributed by atoms with van der Waals surface area (Å²) in [5.41, 5.74) is 7.00. The van der Waals surface area contributed by atoms with Crippen LogP contribution in [0.15, 0.2) is 127 Å². The molecule has 1 aliphatic rings. The minimum absolute atomic E-state index is 0. The minimum Gasteiger partial charge on any atom is -0.507 e. The van der Waals surface area contributed by atoms with Crippen molar-refractivity contribution in [3.05, 3.63) is 155 Å². The summed E-state index contributed by atoms with van der Waals surface area (Å²) >= 11 is 0. The average molecular weight is 738 g/mol. The monoisotopic (exact) mass is 738 g/mol. The normalized spacial score (nSPS) is 14.0. The Morgan fingerprint density at radius 1 is 0.439 bits per heavy atom. The molecule has 4 aromatic carbocycles. The molecule has 2 radical (unpaired) electrons. The van der Waals surface area contributed by atoms with E-state index in [1.54, 1.807) is 0 Å². The zero-order valence-corrected chi connectivity index (χ0v) is 28.6. The third-order valence-corrected chi connectivity index (χ3v) is 11.5. The molecule has 0 aromatic heterocycles. The first-order valence-electron chi connectivity index (χ1n) is 14.0. The molecule has 0 bridgehead atoms. The van der Waals surface area contributed by atoms with E-state index in [0.29, 0.717) is 16.1 Å². The second kappa shape index (κ2) is 13.9. The van der Waals surface area contributed by atoms with E-state index in [0.717, 1.165) is 44.9 Å². The Morgan fingerprint density at radius 3 is 1.05 bits per heavy atom. The summed E-state index contributed by atoms with van der Waals surface area (Å²) in [6.45, 7) is 16.4. The summed E-state index contributed by atoms with van der Waals surface area (Å²) in [6, 6.07) is 41.0. The second-order valence-electron chi connectivity index (χ2n) is 12.2. The van der Waals surface area contributed by atoms with Gasteiger partial charge in [0.2, 0.25) is 0 Å². The molecule has 0 atom stereocenters. The number of aliphatic hydroxyl groups excluding tert-OH is 1. The number of rotatable bonds is 4. The van der Waals surface area contributed by atoms with Gasteiger partial charge in [-0.15, -0.1) is 0 Å². The van der Waals surface area contributed by atoms with Gasteiger partial charge in [0.05, 0.1) is 5.92 Å². The molecule has 0 saturated carbocycles. The van der Waals surface area contributed by atoms with Gasteiger partial charge in [0, 0.05) is 31.3 Å². The number of benzene rings is 4. The molecule has 0 amide bonds. The smallest absolute Gasteiger partial charge is 0.128 e. The van der Waals surface area contributed by atoms with Crippen LogP contribution in [0.3, 0.4) is 0 Å². The van der Waals surface area contributed by atoms with Crippen LogP contribution < -0.4 is 0 Å². The van der Waals surface area contributed by atoms with Gasteiger partial charge in [-0.3, -0.25) is 0 Å². The molecule has 0 spiro atoms. The number of hydrogen-bond donors (Lipinski definition) is 1. The maximum absolute atomic E-state index is 11.6. The molecule has 1 nitrogen and oxygen atoms in total. The predicted octanol–water partition coefficient (Wildman–Crippen LogP) is 10.9. The molecule has 214 valence electrons. The van der Waals surface area contributed by atoms with Crippen LogP contribution in [0.4, 0.5) is 0 Å². The molecule has 0 aliphatic heterocycles. The van der Waals surface area contributed by atoms with Crippen LogP contribution in [0.2, 0.25) is 0 Å². The van der Waals surface area contributed by atoms with Crippen molar-refractivity contribution in [1.29, 1.82) is 0 Å². The van der Waals surface area contributed by atoms with Gasteiger partial charge in [0.15, 0.2) is 0 Å². The number of aliphatic hydroxyl groups is 1. The third kappa shape index (κ3) is 7.75. The van der Waals surface area contributed by atoms with Crippen LogP contribution in [0.5, 0.6) is 0 Å². The molecule has 0 fully saturated rings. The third-order valence-electron chi connectivity index (χ3n) is 7.49. The number of hydrogen-bond acceptors (Lipinski definition) is 1. The van der Waals surface area contributed by atoms with Crippen molar-refractivity contribution in [1.82, 2.24) is 0 Å². The molecule has 0 saturated heterocycles. The molecule has 0 heterocycles. The Bertz CT molecular complexity index is 1430. The Labute approximate surface area is 262 Å². The van der Waals surface area contributed by atoms with E-state index in [4.69, 9.17) is 0 Å². The van der Waals surface area contributed by atoms with E-state index < -0.39 is 0 Å².